The van der Waals surface area contributed by atoms with E-state index in [-0.39, 0.29) is 30.1 Å². The number of nitrogens with one attached hydrogen (secondary N) is 2. The van der Waals surface area contributed by atoms with Crippen LogP contribution in [0.2, 0.25) is 0 Å². The maximum absolute atomic E-state index is 5.93. The van der Waals surface area contributed by atoms with Gasteiger partial charge in [-0.25, -0.2) is 4.68 Å². The lowest BCUT2D eigenvalue weighted by atomic mass is 10.2. The van der Waals surface area contributed by atoms with E-state index in [1.807, 2.05) is 72.4 Å². The second-order valence-corrected chi connectivity index (χ2v) is 6.87. The van der Waals surface area contributed by atoms with Crippen molar-refractivity contribution in [1.82, 2.24) is 20.4 Å². The predicted octanol–water partition coefficient (Wildman–Crippen LogP) is 3.67. The lowest BCUT2D eigenvalue weighted by Crippen LogP contribution is -2.42. The zero-order chi connectivity index (χ0) is 21.2. The molecule has 0 amide bonds. The van der Waals surface area contributed by atoms with Crippen LogP contribution >= 0.6 is 24.0 Å². The van der Waals surface area contributed by atoms with Gasteiger partial charge < -0.3 is 20.1 Å². The molecule has 1 unspecified atom stereocenters. The monoisotopic (exact) mass is 535 g/mol. The standard InChI is InChI=1S/C23H29N5O2.HI/c1-18(30-22-11-7-10-21(14-22)29-3)15-26-23(24-2)25-13-12-19-16-27-28(17-19)20-8-5-4-6-9-20;/h4-11,14,16-18H,12-13,15H2,1-3H3,(H2,24,25,26);1H. The van der Waals surface area contributed by atoms with Crippen LogP contribution in [-0.2, 0) is 6.42 Å². The van der Waals surface area contributed by atoms with Crippen molar-refractivity contribution in [2.75, 3.05) is 27.2 Å². The zero-order valence-corrected chi connectivity index (χ0v) is 20.4. The molecular formula is C23H30IN5O2. The minimum Gasteiger partial charge on any atom is -0.497 e. The van der Waals surface area contributed by atoms with Crippen LogP contribution in [0.15, 0.2) is 72.0 Å². The Hall–Kier alpha value is -2.75. The quantitative estimate of drug-likeness (QED) is 0.249. The molecule has 1 atom stereocenters. The highest BCUT2D eigenvalue weighted by atomic mass is 127. The maximum atomic E-state index is 5.93. The van der Waals surface area contributed by atoms with Gasteiger partial charge >= 0.3 is 0 Å². The molecule has 3 aromatic rings. The van der Waals surface area contributed by atoms with E-state index in [0.29, 0.717) is 6.54 Å². The minimum absolute atomic E-state index is 0. The molecular weight excluding hydrogens is 505 g/mol. The summed E-state index contributed by atoms with van der Waals surface area (Å²) >= 11 is 0. The molecule has 0 aliphatic carbocycles. The fourth-order valence-corrected chi connectivity index (χ4v) is 2.95. The van der Waals surface area contributed by atoms with Crippen molar-refractivity contribution in [1.29, 1.82) is 0 Å². The summed E-state index contributed by atoms with van der Waals surface area (Å²) in [6.45, 7) is 3.39. The lowest BCUT2D eigenvalue weighted by molar-refractivity contribution is 0.223. The Labute approximate surface area is 200 Å². The zero-order valence-electron chi connectivity index (χ0n) is 18.1. The van der Waals surface area contributed by atoms with Crippen molar-refractivity contribution in [3.8, 4) is 17.2 Å². The van der Waals surface area contributed by atoms with Gasteiger partial charge in [-0.2, -0.15) is 5.10 Å². The first kappa shape index (κ1) is 24.5. The van der Waals surface area contributed by atoms with Gasteiger partial charge in [0.1, 0.15) is 17.6 Å². The molecule has 0 aliphatic heterocycles. The molecule has 0 bridgehead atoms. The molecule has 1 aromatic heterocycles. The third-order valence-electron chi connectivity index (χ3n) is 4.52. The molecule has 0 saturated heterocycles. The molecule has 2 N–H and O–H groups in total. The molecule has 0 radical (unpaired) electrons. The van der Waals surface area contributed by atoms with Gasteiger partial charge in [0, 0.05) is 25.9 Å². The summed E-state index contributed by atoms with van der Waals surface area (Å²) < 4.78 is 13.1. The van der Waals surface area contributed by atoms with E-state index in [4.69, 9.17) is 9.47 Å². The lowest BCUT2D eigenvalue weighted by Gasteiger charge is -2.18. The van der Waals surface area contributed by atoms with E-state index in [0.717, 1.165) is 41.7 Å². The Morgan fingerprint density at radius 3 is 2.61 bits per heavy atom. The fraction of sp³-hybridized carbons (Fsp3) is 0.304. The highest BCUT2D eigenvalue weighted by Crippen LogP contribution is 2.19. The molecule has 31 heavy (non-hydrogen) atoms. The number of methoxy groups -OCH3 is 1. The van der Waals surface area contributed by atoms with Crippen LogP contribution in [0.1, 0.15) is 12.5 Å². The van der Waals surface area contributed by atoms with E-state index >= 15 is 0 Å². The molecule has 8 heteroatoms. The molecule has 0 saturated carbocycles. The van der Waals surface area contributed by atoms with Gasteiger partial charge in [0.2, 0.25) is 0 Å². The number of aromatic nitrogens is 2. The molecule has 0 fully saturated rings. The number of guanidine groups is 1. The summed E-state index contributed by atoms with van der Waals surface area (Å²) in [4.78, 5) is 4.28. The van der Waals surface area contributed by atoms with E-state index in [1.165, 1.54) is 0 Å². The van der Waals surface area contributed by atoms with Crippen LogP contribution in [0, 0.1) is 0 Å². The van der Waals surface area contributed by atoms with E-state index in [1.54, 1.807) is 14.2 Å². The van der Waals surface area contributed by atoms with Crippen molar-refractivity contribution >= 4 is 29.9 Å². The van der Waals surface area contributed by atoms with Gasteiger partial charge in [-0.1, -0.05) is 24.3 Å². The summed E-state index contributed by atoms with van der Waals surface area (Å²) in [5.74, 6) is 2.30. The summed E-state index contributed by atoms with van der Waals surface area (Å²) in [5.41, 5.74) is 2.22. The van der Waals surface area contributed by atoms with Crippen LogP contribution in [0.5, 0.6) is 11.5 Å². The Morgan fingerprint density at radius 1 is 1.10 bits per heavy atom. The van der Waals surface area contributed by atoms with Gasteiger partial charge in [0.05, 0.1) is 25.5 Å². The largest absolute Gasteiger partial charge is 0.497 e. The SMILES string of the molecule is CN=C(NCCc1cnn(-c2ccccc2)c1)NCC(C)Oc1cccc(OC)c1.I. The topological polar surface area (TPSA) is 72.7 Å². The molecule has 3 rings (SSSR count). The average molecular weight is 535 g/mol. The molecule has 0 aliphatic rings. The van der Waals surface area contributed by atoms with E-state index in [9.17, 15) is 0 Å². The van der Waals surface area contributed by atoms with Gasteiger partial charge in [0.25, 0.3) is 0 Å². The second-order valence-electron chi connectivity index (χ2n) is 6.87. The van der Waals surface area contributed by atoms with Gasteiger partial charge in [-0.15, -0.1) is 24.0 Å². The fourth-order valence-electron chi connectivity index (χ4n) is 2.95. The second kappa shape index (κ2) is 12.8. The molecule has 2 aromatic carbocycles. The third-order valence-corrected chi connectivity index (χ3v) is 4.52. The number of para-hydroxylation sites is 1. The van der Waals surface area contributed by atoms with E-state index in [2.05, 4.69) is 26.9 Å². The average Bonchev–Trinajstić information content (AvgIpc) is 3.26. The summed E-state index contributed by atoms with van der Waals surface area (Å²) in [5, 5.41) is 11.1. The number of nitrogens with zero attached hydrogens (tertiary/aromatic N) is 3. The summed E-state index contributed by atoms with van der Waals surface area (Å²) in [6.07, 6.45) is 4.77. The molecule has 1 heterocycles. The van der Waals surface area contributed by atoms with Crippen LogP contribution < -0.4 is 20.1 Å². The normalized spacial score (nSPS) is 11.9. The predicted molar refractivity (Wildman–Crippen MR) is 135 cm³/mol. The first-order chi connectivity index (χ1) is 14.7. The summed E-state index contributed by atoms with van der Waals surface area (Å²) in [6, 6.07) is 17.7. The maximum Gasteiger partial charge on any atom is 0.191 e. The first-order valence-electron chi connectivity index (χ1n) is 10.0. The van der Waals surface area contributed by atoms with Crippen molar-refractivity contribution in [2.24, 2.45) is 4.99 Å². The van der Waals surface area contributed by atoms with Crippen molar-refractivity contribution in [3.05, 3.63) is 72.6 Å². The molecule has 0 spiro atoms. The van der Waals surface area contributed by atoms with Crippen LogP contribution in [0.25, 0.3) is 5.69 Å². The number of halogens is 1. The van der Waals surface area contributed by atoms with Crippen molar-refractivity contribution in [3.63, 3.8) is 0 Å². The number of benzene rings is 2. The van der Waals surface area contributed by atoms with Crippen molar-refractivity contribution < 1.29 is 9.47 Å². The number of hydrogen-bond donors (Lipinski definition) is 2. The van der Waals surface area contributed by atoms with Crippen LogP contribution in [-0.4, -0.2) is 49.1 Å². The molecule has 7 nitrogen and oxygen atoms in total. The van der Waals surface area contributed by atoms with Gasteiger partial charge in [-0.05, 0) is 43.2 Å². The summed E-state index contributed by atoms with van der Waals surface area (Å²) in [7, 11) is 3.41. The smallest absolute Gasteiger partial charge is 0.191 e. The number of rotatable bonds is 9. The highest BCUT2D eigenvalue weighted by molar-refractivity contribution is 14.0. The van der Waals surface area contributed by atoms with Crippen LogP contribution in [0.4, 0.5) is 0 Å². The Bertz CT molecular complexity index is 946. The van der Waals surface area contributed by atoms with Crippen LogP contribution in [0.3, 0.4) is 0 Å². The number of ether oxygens (including phenoxy) is 2. The Balaban J connectivity index is 0.00000341. The van der Waals surface area contributed by atoms with Gasteiger partial charge in [0.15, 0.2) is 5.96 Å². The highest BCUT2D eigenvalue weighted by Gasteiger charge is 2.07. The Morgan fingerprint density at radius 2 is 1.87 bits per heavy atom. The third kappa shape index (κ3) is 7.78. The van der Waals surface area contributed by atoms with E-state index < -0.39 is 0 Å². The van der Waals surface area contributed by atoms with Gasteiger partial charge in [-0.3, -0.25) is 4.99 Å². The number of hydrogen-bond acceptors (Lipinski definition) is 4. The first-order valence-corrected chi connectivity index (χ1v) is 10.0. The van der Waals surface area contributed by atoms with Crippen molar-refractivity contribution in [2.45, 2.75) is 19.4 Å². The minimum atomic E-state index is -0.0280. The number of aliphatic imine (C=N–C) groups is 1. The Kier molecular flexibility index (Phi) is 10.2. The molecule has 166 valence electrons.